The van der Waals surface area contributed by atoms with Gasteiger partial charge in [0.15, 0.2) is 0 Å². The van der Waals surface area contributed by atoms with Crippen LogP contribution in [0.25, 0.3) is 0 Å². The van der Waals surface area contributed by atoms with Crippen molar-refractivity contribution in [3.63, 3.8) is 0 Å². The van der Waals surface area contributed by atoms with Gasteiger partial charge in [-0.05, 0) is 52.5 Å². The van der Waals surface area contributed by atoms with Crippen LogP contribution in [0.3, 0.4) is 0 Å². The number of ether oxygens (including phenoxy) is 1. The van der Waals surface area contributed by atoms with Gasteiger partial charge in [-0.2, -0.15) is 8.78 Å². The molecule has 0 aliphatic carbocycles. The maximum Gasteiger partial charge on any atom is 0.341 e. The molecule has 0 saturated carbocycles. The number of halogens is 2. The van der Waals surface area contributed by atoms with Gasteiger partial charge in [-0.3, -0.25) is 0 Å². The maximum absolute atomic E-state index is 12.2. The van der Waals surface area contributed by atoms with Gasteiger partial charge >= 0.3 is 5.97 Å². The van der Waals surface area contributed by atoms with E-state index in [1.54, 1.807) is 6.92 Å². The number of esters is 1. The highest BCUT2D eigenvalue weighted by atomic mass is 19.3. The Morgan fingerprint density at radius 1 is 1.25 bits per heavy atom. The third-order valence-corrected chi connectivity index (χ3v) is 3.73. The molecule has 0 unspecified atom stereocenters. The van der Waals surface area contributed by atoms with Crippen molar-refractivity contribution in [1.29, 1.82) is 0 Å². The van der Waals surface area contributed by atoms with Gasteiger partial charge in [0.2, 0.25) is 5.95 Å². The fourth-order valence-electron chi connectivity index (χ4n) is 2.14. The third kappa shape index (κ3) is 5.86. The van der Waals surface area contributed by atoms with Crippen LogP contribution < -0.4 is 4.90 Å². The van der Waals surface area contributed by atoms with Crippen LogP contribution in [0.5, 0.6) is 0 Å². The van der Waals surface area contributed by atoms with Gasteiger partial charge in [-0.1, -0.05) is 0 Å². The van der Waals surface area contributed by atoms with Crippen molar-refractivity contribution < 1.29 is 18.3 Å². The predicted octanol–water partition coefficient (Wildman–Crippen LogP) is 4.13. The molecule has 0 aliphatic heterocycles. The molecule has 0 radical (unpaired) electrons. The number of nitrogens with zero attached hydrogens (tertiary/aromatic N) is 3. The van der Waals surface area contributed by atoms with E-state index in [4.69, 9.17) is 4.74 Å². The first kappa shape index (κ1) is 20.0. The zero-order chi connectivity index (χ0) is 18.1. The molecule has 1 aromatic heterocycles. The maximum atomic E-state index is 12.2. The van der Waals surface area contributed by atoms with E-state index in [9.17, 15) is 13.6 Å². The lowest BCUT2D eigenvalue weighted by atomic mass is 10.1. The molecule has 0 fully saturated rings. The van der Waals surface area contributed by atoms with Crippen LogP contribution >= 0.6 is 0 Å². The molecular formula is C17H25F2N3O2. The largest absolute Gasteiger partial charge is 0.462 e. The van der Waals surface area contributed by atoms with Crippen molar-refractivity contribution in [2.45, 2.75) is 47.0 Å². The molecule has 5 nitrogen and oxygen atoms in total. The van der Waals surface area contributed by atoms with Crippen LogP contribution in [0.15, 0.2) is 17.9 Å². The summed E-state index contributed by atoms with van der Waals surface area (Å²) in [5.41, 5.74) is 0.976. The summed E-state index contributed by atoms with van der Waals surface area (Å²) in [6, 6.07) is 0. The molecule has 7 heteroatoms. The van der Waals surface area contributed by atoms with Gasteiger partial charge in [0.05, 0.1) is 17.9 Å². The first-order valence-corrected chi connectivity index (χ1v) is 8.17. The molecule has 0 atom stereocenters. The average molecular weight is 341 g/mol. The lowest BCUT2D eigenvalue weighted by Crippen LogP contribution is -2.25. The molecule has 1 rings (SSSR count). The Labute approximate surface area is 141 Å². The van der Waals surface area contributed by atoms with Crippen LogP contribution in [0, 0.1) is 6.92 Å². The molecule has 0 aromatic carbocycles. The molecule has 1 heterocycles. The number of hydrogen-bond donors (Lipinski definition) is 0. The summed E-state index contributed by atoms with van der Waals surface area (Å²) in [6.45, 7) is 8.92. The number of unbranched alkanes of at least 4 members (excludes halogenated alkanes) is 1. The SMILES string of the molecule is CCN(CC)c1ncc(C(=O)OCCCCC(C)=C(F)F)c(C)n1. The number of rotatable bonds is 9. The normalized spacial score (nSPS) is 10.4. The monoisotopic (exact) mass is 341 g/mol. The highest BCUT2D eigenvalue weighted by Gasteiger charge is 2.15. The van der Waals surface area contributed by atoms with Crippen LogP contribution in [-0.4, -0.2) is 35.6 Å². The number of carbonyl (C=O) groups excluding carboxylic acids is 1. The molecule has 0 aliphatic rings. The van der Waals surface area contributed by atoms with Crippen molar-refractivity contribution in [1.82, 2.24) is 9.97 Å². The van der Waals surface area contributed by atoms with Crippen LogP contribution in [-0.2, 0) is 4.74 Å². The topological polar surface area (TPSA) is 55.3 Å². The van der Waals surface area contributed by atoms with E-state index in [0.717, 1.165) is 13.1 Å². The van der Waals surface area contributed by atoms with Gasteiger partial charge in [0.25, 0.3) is 6.08 Å². The van der Waals surface area contributed by atoms with Crippen molar-refractivity contribution in [3.05, 3.63) is 29.1 Å². The number of aromatic nitrogens is 2. The molecule has 134 valence electrons. The number of anilines is 1. The highest BCUT2D eigenvalue weighted by molar-refractivity contribution is 5.90. The lowest BCUT2D eigenvalue weighted by Gasteiger charge is -2.19. The van der Waals surface area contributed by atoms with Crippen LogP contribution in [0.4, 0.5) is 14.7 Å². The van der Waals surface area contributed by atoms with E-state index in [1.807, 2.05) is 18.7 Å². The van der Waals surface area contributed by atoms with E-state index >= 15 is 0 Å². The molecular weight excluding hydrogens is 316 g/mol. The molecule has 0 spiro atoms. The summed E-state index contributed by atoms with van der Waals surface area (Å²) in [5, 5.41) is 0. The van der Waals surface area contributed by atoms with Gasteiger partial charge in [0.1, 0.15) is 0 Å². The Bertz CT molecular complexity index is 583. The molecule has 0 N–H and O–H groups in total. The second-order valence-corrected chi connectivity index (χ2v) is 5.48. The van der Waals surface area contributed by atoms with E-state index in [1.165, 1.54) is 13.1 Å². The van der Waals surface area contributed by atoms with Gasteiger partial charge in [-0.25, -0.2) is 14.8 Å². The number of carbonyl (C=O) groups is 1. The molecule has 24 heavy (non-hydrogen) atoms. The minimum atomic E-state index is -1.63. The summed E-state index contributed by atoms with van der Waals surface area (Å²) in [6.07, 6.45) is 1.23. The van der Waals surface area contributed by atoms with Crippen LogP contribution in [0.2, 0.25) is 0 Å². The molecule has 1 aromatic rings. The first-order valence-electron chi connectivity index (χ1n) is 8.17. The Kier molecular flexibility index (Phi) is 8.29. The van der Waals surface area contributed by atoms with Crippen molar-refractivity contribution in [3.8, 4) is 0 Å². The van der Waals surface area contributed by atoms with E-state index < -0.39 is 12.0 Å². The Hall–Kier alpha value is -2.05. The lowest BCUT2D eigenvalue weighted by molar-refractivity contribution is 0.0496. The van der Waals surface area contributed by atoms with E-state index in [2.05, 4.69) is 9.97 Å². The Morgan fingerprint density at radius 2 is 1.92 bits per heavy atom. The predicted molar refractivity (Wildman–Crippen MR) is 89.4 cm³/mol. The minimum absolute atomic E-state index is 0.0811. The second-order valence-electron chi connectivity index (χ2n) is 5.48. The zero-order valence-corrected chi connectivity index (χ0v) is 14.7. The van der Waals surface area contributed by atoms with Crippen molar-refractivity contribution in [2.24, 2.45) is 0 Å². The van der Waals surface area contributed by atoms with Gasteiger partial charge < -0.3 is 9.64 Å². The third-order valence-electron chi connectivity index (χ3n) is 3.73. The quantitative estimate of drug-likeness (QED) is 0.499. The summed E-state index contributed by atoms with van der Waals surface area (Å²) in [7, 11) is 0. The van der Waals surface area contributed by atoms with E-state index in [0.29, 0.717) is 36.5 Å². The Morgan fingerprint density at radius 3 is 2.46 bits per heavy atom. The Balaban J connectivity index is 2.52. The number of allylic oxidation sites excluding steroid dienone is 1. The van der Waals surface area contributed by atoms with Crippen LogP contribution in [0.1, 0.15) is 56.1 Å². The zero-order valence-electron chi connectivity index (χ0n) is 14.7. The fraction of sp³-hybridized carbons (Fsp3) is 0.588. The number of aryl methyl sites for hydroxylation is 1. The summed E-state index contributed by atoms with van der Waals surface area (Å²) >= 11 is 0. The highest BCUT2D eigenvalue weighted by Crippen LogP contribution is 2.15. The minimum Gasteiger partial charge on any atom is -0.462 e. The fourth-order valence-corrected chi connectivity index (χ4v) is 2.14. The average Bonchev–Trinajstić information content (AvgIpc) is 2.55. The smallest absolute Gasteiger partial charge is 0.341 e. The standard InChI is InChI=1S/C17H25F2N3O2/c1-5-22(6-2)17-20-11-14(13(4)21-17)16(23)24-10-8-7-9-12(3)15(18)19/h11H,5-10H2,1-4H3. The molecule has 0 bridgehead atoms. The summed E-state index contributed by atoms with van der Waals surface area (Å²) < 4.78 is 29.7. The van der Waals surface area contributed by atoms with E-state index in [-0.39, 0.29) is 12.2 Å². The summed E-state index contributed by atoms with van der Waals surface area (Å²) in [4.78, 5) is 22.6. The van der Waals surface area contributed by atoms with Gasteiger partial charge in [0, 0.05) is 19.3 Å². The van der Waals surface area contributed by atoms with Crippen molar-refractivity contribution in [2.75, 3.05) is 24.6 Å². The van der Waals surface area contributed by atoms with Crippen molar-refractivity contribution >= 4 is 11.9 Å². The first-order chi connectivity index (χ1) is 11.4. The molecule has 0 saturated heterocycles. The number of hydrogen-bond acceptors (Lipinski definition) is 5. The molecule has 0 amide bonds. The second kappa shape index (κ2) is 9.95. The summed E-state index contributed by atoms with van der Waals surface area (Å²) in [5.74, 6) is 0.104. The van der Waals surface area contributed by atoms with Gasteiger partial charge in [-0.15, -0.1) is 0 Å².